The predicted octanol–water partition coefficient (Wildman–Crippen LogP) is 3.14. The second-order valence-electron chi connectivity index (χ2n) is 6.11. The van der Waals surface area contributed by atoms with Gasteiger partial charge in [-0.25, -0.2) is 0 Å². The minimum atomic E-state index is 0.129. The third-order valence-corrected chi connectivity index (χ3v) is 5.25. The highest BCUT2D eigenvalue weighted by atomic mass is 79.9. The summed E-state index contributed by atoms with van der Waals surface area (Å²) in [6, 6.07) is 12.0. The molecule has 1 aromatic heterocycles. The van der Waals surface area contributed by atoms with E-state index in [9.17, 15) is 4.79 Å². The van der Waals surface area contributed by atoms with E-state index in [4.69, 9.17) is 0 Å². The number of benzene rings is 1. The van der Waals surface area contributed by atoms with E-state index >= 15 is 0 Å². The molecule has 122 valence electrons. The number of aromatic nitrogens is 1. The highest BCUT2D eigenvalue weighted by Gasteiger charge is 2.28. The largest absolute Gasteiger partial charge is 0.340 e. The number of hydrogen-bond donors (Lipinski definition) is 1. The molecule has 1 saturated heterocycles. The number of carbonyl (C=O) groups is 1. The van der Waals surface area contributed by atoms with E-state index in [1.807, 2.05) is 53.9 Å². The first-order valence-electron chi connectivity index (χ1n) is 7.96. The third-order valence-electron chi connectivity index (χ3n) is 4.56. The Hall–Kier alpha value is -1.59. The molecule has 1 aliphatic heterocycles. The monoisotopic (exact) mass is 375 g/mol. The molecule has 23 heavy (non-hydrogen) atoms. The fourth-order valence-electron chi connectivity index (χ4n) is 3.30. The predicted molar refractivity (Wildman–Crippen MR) is 96.5 cm³/mol. The van der Waals surface area contributed by atoms with Gasteiger partial charge in [-0.15, -0.1) is 0 Å². The molecule has 0 radical (unpaired) electrons. The molecule has 0 aliphatic carbocycles. The Labute approximate surface area is 145 Å². The Balaban J connectivity index is 1.82. The second-order valence-corrected chi connectivity index (χ2v) is 6.96. The summed E-state index contributed by atoms with van der Waals surface area (Å²) < 4.78 is 3.03. The summed E-state index contributed by atoms with van der Waals surface area (Å²) in [6.45, 7) is 2.66. The zero-order chi connectivity index (χ0) is 16.4. The molecule has 0 saturated carbocycles. The topological polar surface area (TPSA) is 37.3 Å². The standard InChI is InChI=1S/C18H22BrN3O/c1-20-11-13-9-10-22(12-13)18(23)17-8-7-16(21(17)2)14-5-3-4-6-15(14)19/h3-8,13,20H,9-12H2,1-2H3/t13-/m1/s1. The molecule has 1 atom stereocenters. The van der Waals surface area contributed by atoms with Crippen molar-refractivity contribution in [3.05, 3.63) is 46.6 Å². The fraction of sp³-hybridized carbons (Fsp3) is 0.389. The van der Waals surface area contributed by atoms with Crippen LogP contribution in [-0.4, -0.2) is 42.1 Å². The average molecular weight is 376 g/mol. The van der Waals surface area contributed by atoms with E-state index in [0.29, 0.717) is 5.92 Å². The van der Waals surface area contributed by atoms with Gasteiger partial charge in [-0.3, -0.25) is 4.79 Å². The number of rotatable bonds is 4. The quantitative estimate of drug-likeness (QED) is 0.890. The van der Waals surface area contributed by atoms with Crippen LogP contribution in [0.15, 0.2) is 40.9 Å². The van der Waals surface area contributed by atoms with Crippen LogP contribution in [0.25, 0.3) is 11.3 Å². The zero-order valence-electron chi connectivity index (χ0n) is 13.6. The molecule has 3 rings (SSSR count). The van der Waals surface area contributed by atoms with Crippen molar-refractivity contribution in [3.8, 4) is 11.3 Å². The molecular formula is C18H22BrN3O. The van der Waals surface area contributed by atoms with Crippen molar-refractivity contribution in [3.63, 3.8) is 0 Å². The molecule has 0 bridgehead atoms. The van der Waals surface area contributed by atoms with Crippen LogP contribution < -0.4 is 5.32 Å². The summed E-state index contributed by atoms with van der Waals surface area (Å²) in [7, 11) is 3.93. The minimum absolute atomic E-state index is 0.129. The highest BCUT2D eigenvalue weighted by Crippen LogP contribution is 2.29. The maximum absolute atomic E-state index is 12.8. The van der Waals surface area contributed by atoms with Crippen molar-refractivity contribution >= 4 is 21.8 Å². The van der Waals surface area contributed by atoms with Crippen LogP contribution in [0, 0.1) is 5.92 Å². The van der Waals surface area contributed by atoms with Gasteiger partial charge in [-0.1, -0.05) is 34.1 Å². The van der Waals surface area contributed by atoms with Gasteiger partial charge in [-0.05, 0) is 44.1 Å². The van der Waals surface area contributed by atoms with Crippen LogP contribution in [0.4, 0.5) is 0 Å². The third kappa shape index (κ3) is 3.21. The van der Waals surface area contributed by atoms with Crippen molar-refractivity contribution in [2.75, 3.05) is 26.7 Å². The lowest BCUT2D eigenvalue weighted by atomic mass is 10.1. The lowest BCUT2D eigenvalue weighted by molar-refractivity contribution is 0.0778. The van der Waals surface area contributed by atoms with Crippen molar-refractivity contribution in [1.29, 1.82) is 0 Å². The Morgan fingerprint density at radius 2 is 2.09 bits per heavy atom. The molecule has 2 heterocycles. The first kappa shape index (κ1) is 16.3. The van der Waals surface area contributed by atoms with Crippen LogP contribution in [0.5, 0.6) is 0 Å². The van der Waals surface area contributed by atoms with Crippen molar-refractivity contribution < 1.29 is 4.79 Å². The van der Waals surface area contributed by atoms with Gasteiger partial charge in [0, 0.05) is 35.9 Å². The Morgan fingerprint density at radius 3 is 2.83 bits per heavy atom. The number of likely N-dealkylation sites (tertiary alicyclic amines) is 1. The Bertz CT molecular complexity index is 710. The van der Waals surface area contributed by atoms with E-state index in [-0.39, 0.29) is 5.91 Å². The van der Waals surface area contributed by atoms with Gasteiger partial charge in [0.25, 0.3) is 5.91 Å². The van der Waals surface area contributed by atoms with Crippen LogP contribution >= 0.6 is 15.9 Å². The van der Waals surface area contributed by atoms with Crippen molar-refractivity contribution in [2.24, 2.45) is 13.0 Å². The molecule has 1 aliphatic rings. The summed E-state index contributed by atoms with van der Waals surface area (Å²) in [6.07, 6.45) is 1.08. The van der Waals surface area contributed by atoms with Gasteiger partial charge in [0.1, 0.15) is 5.69 Å². The maximum Gasteiger partial charge on any atom is 0.270 e. The molecular weight excluding hydrogens is 354 g/mol. The normalized spacial score (nSPS) is 17.7. The van der Waals surface area contributed by atoms with Gasteiger partial charge in [0.05, 0.1) is 0 Å². The lowest BCUT2D eigenvalue weighted by Gasteiger charge is -2.17. The molecule has 0 unspecified atom stereocenters. The number of nitrogens with one attached hydrogen (secondary N) is 1. The smallest absolute Gasteiger partial charge is 0.270 e. The summed E-state index contributed by atoms with van der Waals surface area (Å²) >= 11 is 3.59. The lowest BCUT2D eigenvalue weighted by Crippen LogP contribution is -2.31. The van der Waals surface area contributed by atoms with Crippen LogP contribution in [0.2, 0.25) is 0 Å². The minimum Gasteiger partial charge on any atom is -0.340 e. The summed E-state index contributed by atoms with van der Waals surface area (Å²) in [5.41, 5.74) is 2.90. The van der Waals surface area contributed by atoms with E-state index < -0.39 is 0 Å². The molecule has 1 aromatic carbocycles. The van der Waals surface area contributed by atoms with E-state index in [0.717, 1.165) is 47.5 Å². The average Bonchev–Trinajstić information content (AvgIpc) is 3.15. The molecule has 1 fully saturated rings. The van der Waals surface area contributed by atoms with Gasteiger partial charge in [0.15, 0.2) is 0 Å². The SMILES string of the molecule is CNC[C@H]1CCN(C(=O)c2ccc(-c3ccccc3Br)n2C)C1. The molecule has 5 heteroatoms. The maximum atomic E-state index is 12.8. The van der Waals surface area contributed by atoms with E-state index in [2.05, 4.69) is 27.3 Å². The number of hydrogen-bond acceptors (Lipinski definition) is 2. The summed E-state index contributed by atoms with van der Waals surface area (Å²) in [5, 5.41) is 3.20. The Morgan fingerprint density at radius 1 is 1.30 bits per heavy atom. The number of nitrogens with zero attached hydrogens (tertiary/aromatic N) is 2. The zero-order valence-corrected chi connectivity index (χ0v) is 15.1. The first-order chi connectivity index (χ1) is 11.1. The van der Waals surface area contributed by atoms with Crippen molar-refractivity contribution in [2.45, 2.75) is 6.42 Å². The number of carbonyl (C=O) groups excluding carboxylic acids is 1. The van der Waals surface area contributed by atoms with Crippen LogP contribution in [0.1, 0.15) is 16.9 Å². The van der Waals surface area contributed by atoms with Crippen LogP contribution in [0.3, 0.4) is 0 Å². The van der Waals surface area contributed by atoms with Gasteiger partial charge in [0.2, 0.25) is 0 Å². The Kier molecular flexibility index (Phi) is 4.87. The summed E-state index contributed by atoms with van der Waals surface area (Å²) in [4.78, 5) is 14.8. The van der Waals surface area contributed by atoms with E-state index in [1.165, 1.54) is 0 Å². The molecule has 1 amide bonds. The van der Waals surface area contributed by atoms with E-state index in [1.54, 1.807) is 0 Å². The summed E-state index contributed by atoms with van der Waals surface area (Å²) in [5.74, 6) is 0.691. The number of amides is 1. The molecule has 1 N–H and O–H groups in total. The fourth-order valence-corrected chi connectivity index (χ4v) is 3.79. The van der Waals surface area contributed by atoms with Crippen LogP contribution in [-0.2, 0) is 7.05 Å². The van der Waals surface area contributed by atoms with Gasteiger partial charge < -0.3 is 14.8 Å². The number of halogens is 1. The van der Waals surface area contributed by atoms with Crippen molar-refractivity contribution in [1.82, 2.24) is 14.8 Å². The first-order valence-corrected chi connectivity index (χ1v) is 8.75. The van der Waals surface area contributed by atoms with Gasteiger partial charge >= 0.3 is 0 Å². The van der Waals surface area contributed by atoms with Gasteiger partial charge in [-0.2, -0.15) is 0 Å². The molecule has 0 spiro atoms. The molecule has 4 nitrogen and oxygen atoms in total. The molecule has 2 aromatic rings. The second kappa shape index (κ2) is 6.89. The highest BCUT2D eigenvalue weighted by molar-refractivity contribution is 9.10.